The van der Waals surface area contributed by atoms with Gasteiger partial charge in [0.1, 0.15) is 17.2 Å². The van der Waals surface area contributed by atoms with Gasteiger partial charge in [-0.3, -0.25) is 14.5 Å². The molecule has 1 aromatic heterocycles. The summed E-state index contributed by atoms with van der Waals surface area (Å²) in [6.45, 7) is 8.90. The Hall–Kier alpha value is -3.56. The molecule has 36 heavy (non-hydrogen) atoms. The number of Topliss-reactive ketones (excluding diaryl/α,β-unsaturated/α-hetero) is 1. The Balaban J connectivity index is 1.91. The van der Waals surface area contributed by atoms with Gasteiger partial charge >= 0.3 is 11.9 Å². The van der Waals surface area contributed by atoms with Gasteiger partial charge in [-0.15, -0.1) is 0 Å². The van der Waals surface area contributed by atoms with Gasteiger partial charge in [0.25, 0.3) is 5.78 Å². The lowest BCUT2D eigenvalue weighted by molar-refractivity contribution is -0.132. The minimum absolute atomic E-state index is 0.0325. The predicted molar refractivity (Wildman–Crippen MR) is 142 cm³/mol. The molecule has 9 heteroatoms. The number of benzene rings is 2. The highest BCUT2D eigenvalue weighted by molar-refractivity contribution is 9.10. The van der Waals surface area contributed by atoms with Crippen LogP contribution in [0.5, 0.6) is 0 Å². The van der Waals surface area contributed by atoms with Gasteiger partial charge in [-0.1, -0.05) is 69.8 Å². The van der Waals surface area contributed by atoms with E-state index in [2.05, 4.69) is 27.5 Å². The number of ketones is 1. The van der Waals surface area contributed by atoms with Crippen LogP contribution in [0.2, 0.25) is 0 Å². The third-order valence-corrected chi connectivity index (χ3v) is 7.45. The number of thiazole rings is 1. The number of halogens is 1. The molecule has 4 rings (SSSR count). The first-order valence-electron chi connectivity index (χ1n) is 11.0. The van der Waals surface area contributed by atoms with Crippen molar-refractivity contribution in [3.8, 4) is 0 Å². The van der Waals surface area contributed by atoms with E-state index in [0.29, 0.717) is 16.8 Å². The first-order chi connectivity index (χ1) is 17.1. The summed E-state index contributed by atoms with van der Waals surface area (Å²) in [6, 6.07) is 11.7. The Kier molecular flexibility index (Phi) is 7.23. The van der Waals surface area contributed by atoms with Crippen LogP contribution in [0.1, 0.15) is 43.7 Å². The number of nitrogens with zero attached hydrogens (tertiary/aromatic N) is 2. The number of aliphatic hydroxyl groups is 1. The summed E-state index contributed by atoms with van der Waals surface area (Å²) in [5, 5.41) is 11.5. The van der Waals surface area contributed by atoms with Crippen molar-refractivity contribution in [2.45, 2.75) is 26.8 Å². The van der Waals surface area contributed by atoms with Crippen LogP contribution in [0.4, 0.5) is 5.13 Å². The van der Waals surface area contributed by atoms with Gasteiger partial charge in [-0.05, 0) is 50.1 Å². The number of rotatable bonds is 6. The van der Waals surface area contributed by atoms with Crippen molar-refractivity contribution in [2.24, 2.45) is 0 Å². The average Bonchev–Trinajstić information content (AvgIpc) is 3.36. The molecule has 0 spiro atoms. The van der Waals surface area contributed by atoms with Crippen molar-refractivity contribution < 1.29 is 24.2 Å². The highest BCUT2D eigenvalue weighted by Crippen LogP contribution is 2.44. The van der Waals surface area contributed by atoms with E-state index in [1.165, 1.54) is 11.0 Å². The fourth-order valence-electron chi connectivity index (χ4n) is 4.00. The number of hydrogen-bond acceptors (Lipinski definition) is 7. The summed E-state index contributed by atoms with van der Waals surface area (Å²) in [4.78, 5) is 45.1. The molecule has 2 heterocycles. The Labute approximate surface area is 220 Å². The van der Waals surface area contributed by atoms with E-state index >= 15 is 0 Å². The number of ether oxygens (including phenoxy) is 1. The third-order valence-electron chi connectivity index (χ3n) is 5.79. The SMILES string of the molecule is C=CCOC(=O)c1sc(N2C(=O)C(=O)/C(=C(/O)c3cc(C)ccc3C)C2c2ccc(Br)cc2)nc1C. The number of aromatic nitrogens is 1. The van der Waals surface area contributed by atoms with Gasteiger partial charge in [0.05, 0.1) is 17.3 Å². The zero-order chi connectivity index (χ0) is 26.1. The van der Waals surface area contributed by atoms with Crippen molar-refractivity contribution in [2.75, 3.05) is 11.5 Å². The van der Waals surface area contributed by atoms with Crippen molar-refractivity contribution >= 4 is 55.8 Å². The number of amides is 1. The molecule has 1 fully saturated rings. The molecule has 1 unspecified atom stereocenters. The molecule has 7 nitrogen and oxygen atoms in total. The van der Waals surface area contributed by atoms with Gasteiger partial charge in [-0.2, -0.15) is 0 Å². The maximum Gasteiger partial charge on any atom is 0.350 e. The van der Waals surface area contributed by atoms with Crippen LogP contribution in [0.3, 0.4) is 0 Å². The van der Waals surface area contributed by atoms with E-state index in [0.717, 1.165) is 26.9 Å². The number of esters is 1. The van der Waals surface area contributed by atoms with Crippen LogP contribution in [0.25, 0.3) is 5.76 Å². The highest BCUT2D eigenvalue weighted by atomic mass is 79.9. The first-order valence-corrected chi connectivity index (χ1v) is 12.6. The van der Waals surface area contributed by atoms with Crippen LogP contribution >= 0.6 is 27.3 Å². The maximum absolute atomic E-state index is 13.4. The van der Waals surface area contributed by atoms with Gasteiger partial charge < -0.3 is 9.84 Å². The lowest BCUT2D eigenvalue weighted by Gasteiger charge is -2.23. The molecule has 1 aliphatic heterocycles. The van der Waals surface area contributed by atoms with Crippen molar-refractivity contribution in [1.82, 2.24) is 4.98 Å². The van der Waals surface area contributed by atoms with Crippen LogP contribution < -0.4 is 4.90 Å². The van der Waals surface area contributed by atoms with E-state index in [1.54, 1.807) is 37.3 Å². The number of hydrogen-bond donors (Lipinski definition) is 1. The van der Waals surface area contributed by atoms with Gasteiger partial charge in [0.15, 0.2) is 5.13 Å². The average molecular weight is 567 g/mol. The molecule has 1 aliphatic rings. The van der Waals surface area contributed by atoms with Crippen LogP contribution in [-0.4, -0.2) is 34.4 Å². The smallest absolute Gasteiger partial charge is 0.350 e. The van der Waals surface area contributed by atoms with Crippen LogP contribution in [0, 0.1) is 20.8 Å². The lowest BCUT2D eigenvalue weighted by atomic mass is 9.93. The zero-order valence-electron chi connectivity index (χ0n) is 19.9. The number of carbonyl (C=O) groups is 3. The Morgan fingerprint density at radius 1 is 1.19 bits per heavy atom. The summed E-state index contributed by atoms with van der Waals surface area (Å²) in [5.41, 5.74) is 3.06. The number of carbonyl (C=O) groups excluding carboxylic acids is 3. The van der Waals surface area contributed by atoms with Crippen LogP contribution in [0.15, 0.2) is 65.2 Å². The first kappa shape index (κ1) is 25.5. The summed E-state index contributed by atoms with van der Waals surface area (Å²) >= 11 is 4.37. The summed E-state index contributed by atoms with van der Waals surface area (Å²) in [5.74, 6) is -2.52. The second-order valence-electron chi connectivity index (χ2n) is 8.34. The van der Waals surface area contributed by atoms with Crippen molar-refractivity contribution in [3.05, 3.63) is 98.0 Å². The van der Waals surface area contributed by atoms with E-state index in [4.69, 9.17) is 4.74 Å². The van der Waals surface area contributed by atoms with E-state index in [9.17, 15) is 19.5 Å². The topological polar surface area (TPSA) is 96.8 Å². The monoisotopic (exact) mass is 566 g/mol. The van der Waals surface area contributed by atoms with Crippen molar-refractivity contribution in [3.63, 3.8) is 0 Å². The minimum atomic E-state index is -0.944. The summed E-state index contributed by atoms with van der Waals surface area (Å²) < 4.78 is 5.95. The molecular weight excluding hydrogens is 544 g/mol. The van der Waals surface area contributed by atoms with Crippen LogP contribution in [-0.2, 0) is 14.3 Å². The molecule has 1 amide bonds. The summed E-state index contributed by atoms with van der Waals surface area (Å²) in [6.07, 6.45) is 1.45. The highest BCUT2D eigenvalue weighted by Gasteiger charge is 2.48. The third kappa shape index (κ3) is 4.64. The molecule has 2 aromatic carbocycles. The molecule has 1 saturated heterocycles. The van der Waals surface area contributed by atoms with Crippen molar-refractivity contribution in [1.29, 1.82) is 0 Å². The Bertz CT molecular complexity index is 1420. The molecular formula is C27H23BrN2O5S. The standard InChI is InChI=1S/C27H23BrN2O5S/c1-5-12-35-26(34)24-16(4)29-27(36-24)30-21(17-8-10-18(28)11-9-17)20(23(32)25(30)33)22(31)19-13-14(2)6-7-15(19)3/h5-11,13,21,31H,1,12H2,2-4H3/b22-20+. The Morgan fingerprint density at radius 3 is 2.56 bits per heavy atom. The molecule has 184 valence electrons. The largest absolute Gasteiger partial charge is 0.507 e. The summed E-state index contributed by atoms with van der Waals surface area (Å²) in [7, 11) is 0. The predicted octanol–water partition coefficient (Wildman–Crippen LogP) is 5.80. The second kappa shape index (κ2) is 10.2. The quantitative estimate of drug-likeness (QED) is 0.133. The molecule has 0 saturated carbocycles. The minimum Gasteiger partial charge on any atom is -0.507 e. The number of anilines is 1. The second-order valence-corrected chi connectivity index (χ2v) is 10.2. The fraction of sp³-hybridized carbons (Fsp3) is 0.185. The van der Waals surface area contributed by atoms with Gasteiger partial charge in [0.2, 0.25) is 0 Å². The number of aryl methyl sites for hydroxylation is 3. The molecule has 0 radical (unpaired) electrons. The van der Waals surface area contributed by atoms with E-state index < -0.39 is 23.7 Å². The maximum atomic E-state index is 13.4. The molecule has 1 atom stereocenters. The molecule has 0 aliphatic carbocycles. The normalized spacial score (nSPS) is 16.9. The molecule has 3 aromatic rings. The lowest BCUT2D eigenvalue weighted by Crippen LogP contribution is -2.29. The van der Waals surface area contributed by atoms with E-state index in [-0.39, 0.29) is 27.9 Å². The fourth-order valence-corrected chi connectivity index (χ4v) is 5.25. The molecule has 1 N–H and O–H groups in total. The van der Waals surface area contributed by atoms with Gasteiger partial charge in [-0.25, -0.2) is 9.78 Å². The molecule has 0 bridgehead atoms. The van der Waals surface area contributed by atoms with Gasteiger partial charge in [0, 0.05) is 10.0 Å². The number of aliphatic hydroxyl groups excluding tert-OH is 1. The zero-order valence-corrected chi connectivity index (χ0v) is 22.3. The Morgan fingerprint density at radius 2 is 1.89 bits per heavy atom. The van der Waals surface area contributed by atoms with E-state index in [1.807, 2.05) is 26.0 Å².